The summed E-state index contributed by atoms with van der Waals surface area (Å²) in [4.78, 5) is 7.11. The molecule has 0 amide bonds. The fraction of sp³-hybridized carbons (Fsp3) is 0.769. The predicted molar refractivity (Wildman–Crippen MR) is 67.9 cm³/mol. The molecule has 1 atom stereocenters. The van der Waals surface area contributed by atoms with Crippen molar-refractivity contribution in [2.24, 2.45) is 0 Å². The maximum absolute atomic E-state index is 4.47. The van der Waals surface area contributed by atoms with Crippen molar-refractivity contribution in [1.29, 1.82) is 0 Å². The van der Waals surface area contributed by atoms with E-state index in [0.29, 0.717) is 6.04 Å². The Hall–Kier alpha value is -0.870. The third-order valence-corrected chi connectivity index (χ3v) is 3.89. The van der Waals surface area contributed by atoms with E-state index < -0.39 is 0 Å². The van der Waals surface area contributed by atoms with Crippen molar-refractivity contribution in [3.63, 3.8) is 0 Å². The summed E-state index contributed by atoms with van der Waals surface area (Å²) in [6, 6.07) is 1.56. The van der Waals surface area contributed by atoms with Gasteiger partial charge in [0.25, 0.3) is 0 Å². The summed E-state index contributed by atoms with van der Waals surface area (Å²) in [6.45, 7) is 6.52. The molecule has 0 radical (unpaired) electrons. The highest BCUT2D eigenvalue weighted by Crippen LogP contribution is 2.33. The SMILES string of the molecule is CCNCc1cn(C2CCN(C3CC3)C2)cn1. The molecule has 3 rings (SSSR count). The molecule has 1 aliphatic carbocycles. The maximum atomic E-state index is 4.47. The number of hydrogen-bond donors (Lipinski definition) is 1. The zero-order chi connectivity index (χ0) is 11.7. The van der Waals surface area contributed by atoms with Gasteiger partial charge in [-0.3, -0.25) is 4.90 Å². The molecule has 1 aromatic heterocycles. The smallest absolute Gasteiger partial charge is 0.0953 e. The van der Waals surface area contributed by atoms with E-state index in [0.717, 1.165) is 24.8 Å². The molecule has 0 aromatic carbocycles. The molecule has 0 bridgehead atoms. The van der Waals surface area contributed by atoms with Crippen LogP contribution in [0.25, 0.3) is 0 Å². The topological polar surface area (TPSA) is 33.1 Å². The second-order valence-electron chi connectivity index (χ2n) is 5.26. The maximum Gasteiger partial charge on any atom is 0.0953 e. The van der Waals surface area contributed by atoms with Gasteiger partial charge in [-0.05, 0) is 25.8 Å². The van der Waals surface area contributed by atoms with Crippen LogP contribution >= 0.6 is 0 Å². The average molecular weight is 234 g/mol. The minimum absolute atomic E-state index is 0.651. The van der Waals surface area contributed by atoms with Crippen LogP contribution < -0.4 is 5.32 Å². The lowest BCUT2D eigenvalue weighted by Gasteiger charge is -2.15. The fourth-order valence-electron chi connectivity index (χ4n) is 2.71. The summed E-state index contributed by atoms with van der Waals surface area (Å²) >= 11 is 0. The van der Waals surface area contributed by atoms with Crippen molar-refractivity contribution in [3.8, 4) is 0 Å². The molecule has 2 fully saturated rings. The normalized spacial score (nSPS) is 25.6. The summed E-state index contributed by atoms with van der Waals surface area (Å²) < 4.78 is 2.31. The lowest BCUT2D eigenvalue weighted by Crippen LogP contribution is -2.23. The van der Waals surface area contributed by atoms with Crippen LogP contribution in [-0.2, 0) is 6.54 Å². The molecule has 1 unspecified atom stereocenters. The first-order valence-corrected chi connectivity index (χ1v) is 6.84. The lowest BCUT2D eigenvalue weighted by molar-refractivity contribution is 0.313. The summed E-state index contributed by atoms with van der Waals surface area (Å²) in [6.07, 6.45) is 8.34. The molecule has 1 N–H and O–H groups in total. The number of rotatable bonds is 5. The van der Waals surface area contributed by atoms with Gasteiger partial charge in [0.1, 0.15) is 0 Å². The predicted octanol–water partition coefficient (Wildman–Crippen LogP) is 1.40. The van der Waals surface area contributed by atoms with E-state index in [1.165, 1.54) is 32.4 Å². The Kier molecular flexibility index (Phi) is 3.16. The van der Waals surface area contributed by atoms with Crippen molar-refractivity contribution in [2.45, 2.75) is 44.8 Å². The molecule has 0 spiro atoms. The Morgan fingerprint density at radius 3 is 3.00 bits per heavy atom. The zero-order valence-corrected chi connectivity index (χ0v) is 10.6. The number of likely N-dealkylation sites (tertiary alicyclic amines) is 1. The monoisotopic (exact) mass is 234 g/mol. The first-order chi connectivity index (χ1) is 8.36. The third kappa shape index (κ3) is 2.53. The van der Waals surface area contributed by atoms with Gasteiger partial charge in [-0.15, -0.1) is 0 Å². The summed E-state index contributed by atoms with van der Waals surface area (Å²) in [5.41, 5.74) is 1.16. The molecule has 2 aliphatic rings. The van der Waals surface area contributed by atoms with Crippen LogP contribution in [-0.4, -0.2) is 40.1 Å². The van der Waals surface area contributed by atoms with Gasteiger partial charge in [-0.1, -0.05) is 6.92 Å². The van der Waals surface area contributed by atoms with Gasteiger partial charge in [0.05, 0.1) is 12.0 Å². The molecular formula is C13H22N4. The highest BCUT2D eigenvalue weighted by Gasteiger charge is 2.34. The van der Waals surface area contributed by atoms with Crippen LogP contribution in [0.2, 0.25) is 0 Å². The van der Waals surface area contributed by atoms with E-state index in [-0.39, 0.29) is 0 Å². The minimum atomic E-state index is 0.651. The number of nitrogens with zero attached hydrogens (tertiary/aromatic N) is 3. The number of nitrogens with one attached hydrogen (secondary N) is 1. The Balaban J connectivity index is 1.58. The standard InChI is InChI=1S/C13H22N4/c1-2-14-7-11-8-17(10-15-11)13-5-6-16(9-13)12-3-4-12/h8,10,12-14H,2-7,9H2,1H3. The minimum Gasteiger partial charge on any atom is -0.333 e. The summed E-state index contributed by atoms with van der Waals surface area (Å²) in [5, 5.41) is 3.32. The molecule has 17 heavy (non-hydrogen) atoms. The van der Waals surface area contributed by atoms with Crippen molar-refractivity contribution in [3.05, 3.63) is 18.2 Å². The van der Waals surface area contributed by atoms with Gasteiger partial charge in [0.15, 0.2) is 0 Å². The Morgan fingerprint density at radius 2 is 2.24 bits per heavy atom. The first kappa shape index (κ1) is 11.2. The van der Waals surface area contributed by atoms with Crippen LogP contribution in [0.5, 0.6) is 0 Å². The van der Waals surface area contributed by atoms with Gasteiger partial charge in [-0.2, -0.15) is 0 Å². The first-order valence-electron chi connectivity index (χ1n) is 6.84. The molecule has 1 saturated carbocycles. The molecule has 1 aliphatic heterocycles. The summed E-state index contributed by atoms with van der Waals surface area (Å²) in [5.74, 6) is 0. The molecule has 94 valence electrons. The van der Waals surface area contributed by atoms with E-state index in [2.05, 4.69) is 32.9 Å². The Morgan fingerprint density at radius 1 is 1.35 bits per heavy atom. The van der Waals surface area contributed by atoms with Crippen LogP contribution in [0.15, 0.2) is 12.5 Å². The van der Waals surface area contributed by atoms with Crippen molar-refractivity contribution < 1.29 is 0 Å². The van der Waals surface area contributed by atoms with Crippen LogP contribution in [0.4, 0.5) is 0 Å². The van der Waals surface area contributed by atoms with Crippen LogP contribution in [0.1, 0.15) is 37.9 Å². The molecular weight excluding hydrogens is 212 g/mol. The molecule has 4 nitrogen and oxygen atoms in total. The second kappa shape index (κ2) is 4.78. The Labute approximate surface area is 103 Å². The van der Waals surface area contributed by atoms with Crippen molar-refractivity contribution in [2.75, 3.05) is 19.6 Å². The van der Waals surface area contributed by atoms with E-state index >= 15 is 0 Å². The van der Waals surface area contributed by atoms with Gasteiger partial charge >= 0.3 is 0 Å². The summed E-state index contributed by atoms with van der Waals surface area (Å²) in [7, 11) is 0. The van der Waals surface area contributed by atoms with E-state index in [1.54, 1.807) is 0 Å². The third-order valence-electron chi connectivity index (χ3n) is 3.89. The van der Waals surface area contributed by atoms with Gasteiger partial charge in [0.2, 0.25) is 0 Å². The second-order valence-corrected chi connectivity index (χ2v) is 5.26. The largest absolute Gasteiger partial charge is 0.333 e. The number of aromatic nitrogens is 2. The number of hydrogen-bond acceptors (Lipinski definition) is 3. The van der Waals surface area contributed by atoms with Crippen molar-refractivity contribution in [1.82, 2.24) is 19.8 Å². The molecule has 1 aromatic rings. The molecule has 4 heteroatoms. The van der Waals surface area contributed by atoms with E-state index in [9.17, 15) is 0 Å². The highest BCUT2D eigenvalue weighted by atomic mass is 15.2. The quantitative estimate of drug-likeness (QED) is 0.836. The van der Waals surface area contributed by atoms with E-state index in [4.69, 9.17) is 0 Å². The van der Waals surface area contributed by atoms with E-state index in [1.807, 2.05) is 6.33 Å². The van der Waals surface area contributed by atoms with Gasteiger partial charge < -0.3 is 9.88 Å². The fourth-order valence-corrected chi connectivity index (χ4v) is 2.71. The zero-order valence-electron chi connectivity index (χ0n) is 10.6. The van der Waals surface area contributed by atoms with Crippen LogP contribution in [0.3, 0.4) is 0 Å². The van der Waals surface area contributed by atoms with Gasteiger partial charge in [-0.25, -0.2) is 4.98 Å². The van der Waals surface area contributed by atoms with Crippen molar-refractivity contribution >= 4 is 0 Å². The Bertz CT molecular complexity index is 369. The molecule has 1 saturated heterocycles. The molecule has 2 heterocycles. The average Bonchev–Trinajstić information content (AvgIpc) is 2.92. The lowest BCUT2D eigenvalue weighted by atomic mass is 10.2. The number of imidazole rings is 1. The van der Waals surface area contributed by atoms with Gasteiger partial charge in [0, 0.05) is 37.9 Å². The highest BCUT2D eigenvalue weighted by molar-refractivity contribution is 5.00. The van der Waals surface area contributed by atoms with Crippen LogP contribution in [0, 0.1) is 0 Å².